The molecule has 39 heavy (non-hydrogen) atoms. The second kappa shape index (κ2) is 10.4. The van der Waals surface area contributed by atoms with Gasteiger partial charge in [0.2, 0.25) is 5.91 Å². The number of aliphatic hydroxyl groups is 1. The van der Waals surface area contributed by atoms with Gasteiger partial charge in [-0.3, -0.25) is 14.4 Å². The van der Waals surface area contributed by atoms with Crippen LogP contribution in [-0.2, 0) is 20.8 Å². The van der Waals surface area contributed by atoms with Crippen LogP contribution in [0.25, 0.3) is 10.9 Å². The first kappa shape index (κ1) is 27.4. The normalized spacial score (nSPS) is 36.4. The second-order valence-corrected chi connectivity index (χ2v) is 11.9. The summed E-state index contributed by atoms with van der Waals surface area (Å²) in [6.45, 7) is 7.86. The number of aromatic amines is 1. The van der Waals surface area contributed by atoms with Gasteiger partial charge in [-0.1, -0.05) is 55.3 Å². The largest absolute Gasteiger partial charge is 0.381 e. The lowest BCUT2D eigenvalue weighted by Crippen LogP contribution is -2.51. The van der Waals surface area contributed by atoms with Crippen molar-refractivity contribution in [1.29, 1.82) is 0 Å². The van der Waals surface area contributed by atoms with Crippen LogP contribution in [0.2, 0.25) is 5.02 Å². The molecule has 0 radical (unpaired) electrons. The summed E-state index contributed by atoms with van der Waals surface area (Å²) in [6.07, 6.45) is 12.1. The second-order valence-electron chi connectivity index (χ2n) is 11.5. The average molecular weight is 547 g/mol. The van der Waals surface area contributed by atoms with E-state index in [1.165, 1.54) is 6.08 Å². The highest BCUT2D eigenvalue weighted by Gasteiger charge is 2.64. The molecule has 2 heterocycles. The maximum Gasteiger partial charge on any atom is 0.235 e. The summed E-state index contributed by atoms with van der Waals surface area (Å²) in [5, 5.41) is 15.4. The van der Waals surface area contributed by atoms with Crippen LogP contribution in [0.15, 0.2) is 72.0 Å². The number of H-pyrrole nitrogens is 1. The minimum Gasteiger partial charge on any atom is -0.381 e. The zero-order valence-corrected chi connectivity index (χ0v) is 23.5. The van der Waals surface area contributed by atoms with Gasteiger partial charge in [-0.2, -0.15) is 0 Å². The number of hydrogen-bond donors (Lipinski definition) is 3. The molecule has 3 N–H and O–H groups in total. The summed E-state index contributed by atoms with van der Waals surface area (Å²) in [5.74, 6) is -2.08. The molecule has 2 aromatic rings. The van der Waals surface area contributed by atoms with Gasteiger partial charge in [0.05, 0.1) is 0 Å². The molecule has 204 valence electrons. The van der Waals surface area contributed by atoms with E-state index in [1.54, 1.807) is 6.92 Å². The molecule has 1 saturated heterocycles. The predicted molar refractivity (Wildman–Crippen MR) is 153 cm³/mol. The topological polar surface area (TPSA) is 99.3 Å². The van der Waals surface area contributed by atoms with Crippen LogP contribution >= 0.6 is 11.6 Å². The number of ketones is 2. The number of aromatic nitrogens is 1. The van der Waals surface area contributed by atoms with E-state index in [9.17, 15) is 19.5 Å². The molecule has 5 rings (SSSR count). The molecule has 1 fully saturated rings. The first-order valence-electron chi connectivity index (χ1n) is 13.6. The Balaban J connectivity index is 1.61. The number of rotatable bonds is 2. The molecule has 7 atom stereocenters. The Kier molecular flexibility index (Phi) is 7.29. The summed E-state index contributed by atoms with van der Waals surface area (Å²) in [5.41, 5.74) is 2.25. The zero-order valence-electron chi connectivity index (χ0n) is 22.7. The molecule has 0 bridgehead atoms. The molecule has 1 amide bonds. The molecule has 1 aromatic carbocycles. The van der Waals surface area contributed by atoms with Crippen molar-refractivity contribution in [3.8, 4) is 0 Å². The third-order valence-corrected chi connectivity index (χ3v) is 9.19. The molecule has 1 aliphatic heterocycles. The van der Waals surface area contributed by atoms with E-state index in [2.05, 4.69) is 24.1 Å². The Hall–Kier alpha value is -3.22. The van der Waals surface area contributed by atoms with Crippen LogP contribution in [0.5, 0.6) is 0 Å². The van der Waals surface area contributed by atoms with Crippen molar-refractivity contribution in [3.05, 3.63) is 82.6 Å². The number of benzene rings is 1. The Bertz CT molecular complexity index is 1460. The molecule has 3 aliphatic rings. The fraction of sp³-hybridized carbons (Fsp3) is 0.406. The molecule has 1 spiro atoms. The lowest BCUT2D eigenvalue weighted by atomic mass is 9.55. The lowest BCUT2D eigenvalue weighted by molar-refractivity contribution is -0.142. The van der Waals surface area contributed by atoms with Gasteiger partial charge >= 0.3 is 0 Å². The number of halogens is 1. The fourth-order valence-electron chi connectivity index (χ4n) is 6.85. The Morgan fingerprint density at radius 2 is 1.85 bits per heavy atom. The van der Waals surface area contributed by atoms with Crippen LogP contribution in [0, 0.1) is 29.1 Å². The van der Waals surface area contributed by atoms with Gasteiger partial charge in [0, 0.05) is 40.0 Å². The summed E-state index contributed by atoms with van der Waals surface area (Å²) >= 11 is 6.29. The van der Waals surface area contributed by atoms with E-state index in [-0.39, 0.29) is 29.7 Å². The number of amides is 1. The number of carbonyl (C=O) groups excluding carboxylic acids is 3. The van der Waals surface area contributed by atoms with E-state index in [0.29, 0.717) is 23.4 Å². The highest BCUT2D eigenvalue weighted by Crippen LogP contribution is 2.54. The molecular formula is C32H35ClN2O4. The summed E-state index contributed by atoms with van der Waals surface area (Å²) < 4.78 is 0. The van der Waals surface area contributed by atoms with Crippen molar-refractivity contribution in [2.75, 3.05) is 0 Å². The third-order valence-electron chi connectivity index (χ3n) is 8.95. The maximum absolute atomic E-state index is 14.1. The molecule has 1 aromatic heterocycles. The number of nitrogens with one attached hydrogen (secondary N) is 2. The Morgan fingerprint density at radius 3 is 2.62 bits per heavy atom. The highest BCUT2D eigenvalue weighted by atomic mass is 35.5. The molecule has 0 saturated carbocycles. The first-order chi connectivity index (χ1) is 18.5. The van der Waals surface area contributed by atoms with Gasteiger partial charge in [0.15, 0.2) is 11.6 Å². The smallest absolute Gasteiger partial charge is 0.235 e. The van der Waals surface area contributed by atoms with E-state index in [1.807, 2.05) is 55.6 Å². The Morgan fingerprint density at radius 1 is 1.08 bits per heavy atom. The van der Waals surface area contributed by atoms with E-state index >= 15 is 0 Å². The van der Waals surface area contributed by atoms with E-state index in [4.69, 9.17) is 11.6 Å². The molecule has 7 heteroatoms. The standard InChI is InChI=1S/C32H35ClN2O4/c1-17-6-5-7-22-13-18(2)20(4)29-26(14-21-16-34-25-9-8-23(33)15-24(21)25)35-31(39)32(22,29)28(37)11-10-27(36)30(38)19(3)12-17/h5,7-13,15-17,20,22,26,29-30,34,38H,6,14H2,1-4H3,(H,35,39)/b7-5+,11-10+,19-12+/t17-,20+,22-,26-,29-,30+,32+/m0/s1. The fourth-order valence-corrected chi connectivity index (χ4v) is 7.03. The van der Waals surface area contributed by atoms with Crippen molar-refractivity contribution in [3.63, 3.8) is 0 Å². The van der Waals surface area contributed by atoms with Gasteiger partial charge < -0.3 is 15.4 Å². The van der Waals surface area contributed by atoms with Crippen LogP contribution in [-0.4, -0.2) is 39.7 Å². The van der Waals surface area contributed by atoms with Crippen molar-refractivity contribution < 1.29 is 19.5 Å². The summed E-state index contributed by atoms with van der Waals surface area (Å²) in [6, 6.07) is 5.37. The number of fused-ring (bicyclic) bond motifs is 1. The molecule has 6 nitrogen and oxygen atoms in total. The van der Waals surface area contributed by atoms with Gasteiger partial charge in [-0.05, 0) is 80.0 Å². The minimum atomic E-state index is -1.40. The van der Waals surface area contributed by atoms with E-state index in [0.717, 1.165) is 28.1 Å². The number of allylic oxidation sites excluding steroid dienone is 6. The lowest BCUT2D eigenvalue weighted by Gasteiger charge is -2.44. The van der Waals surface area contributed by atoms with Crippen LogP contribution in [0.3, 0.4) is 0 Å². The van der Waals surface area contributed by atoms with E-state index < -0.39 is 29.0 Å². The van der Waals surface area contributed by atoms with Crippen molar-refractivity contribution in [1.82, 2.24) is 10.3 Å². The molecule has 2 aliphatic carbocycles. The maximum atomic E-state index is 14.1. The van der Waals surface area contributed by atoms with Crippen LogP contribution in [0.4, 0.5) is 0 Å². The quantitative estimate of drug-likeness (QED) is 0.353. The highest BCUT2D eigenvalue weighted by molar-refractivity contribution is 6.31. The minimum absolute atomic E-state index is 0.0513. The monoisotopic (exact) mass is 546 g/mol. The van der Waals surface area contributed by atoms with Crippen LogP contribution in [0.1, 0.15) is 39.7 Å². The number of aliphatic hydroxyl groups excluding tert-OH is 1. The van der Waals surface area contributed by atoms with Crippen molar-refractivity contribution in [2.24, 2.45) is 29.1 Å². The molecule has 0 unspecified atom stereocenters. The van der Waals surface area contributed by atoms with Gasteiger partial charge in [0.1, 0.15) is 11.5 Å². The van der Waals surface area contributed by atoms with Crippen molar-refractivity contribution >= 4 is 40.0 Å². The van der Waals surface area contributed by atoms with Crippen molar-refractivity contribution in [2.45, 2.75) is 52.7 Å². The third kappa shape index (κ3) is 4.64. The average Bonchev–Trinajstić information content (AvgIpc) is 3.42. The van der Waals surface area contributed by atoms with Gasteiger partial charge in [-0.15, -0.1) is 0 Å². The van der Waals surface area contributed by atoms with Gasteiger partial charge in [0.25, 0.3) is 0 Å². The zero-order chi connectivity index (χ0) is 28.1. The Labute approximate surface area is 233 Å². The number of hydrogen-bond acceptors (Lipinski definition) is 4. The first-order valence-corrected chi connectivity index (χ1v) is 14.0. The van der Waals surface area contributed by atoms with Crippen LogP contribution < -0.4 is 5.32 Å². The predicted octanol–water partition coefficient (Wildman–Crippen LogP) is 5.27. The van der Waals surface area contributed by atoms with Gasteiger partial charge in [-0.25, -0.2) is 0 Å². The number of carbonyl (C=O) groups is 3. The SMILES string of the molecule is CC1=C[C@@H]2/C=C/C[C@H](C)/C=C(\C)[C@@H](O)C(=O)/C=C/C(=O)[C@]23C(=O)N[C@@H](Cc2c[nH]c4ccc(Cl)cc24)[C@@H]3[C@@H]1C. The molecular weight excluding hydrogens is 512 g/mol. The summed E-state index contributed by atoms with van der Waals surface area (Å²) in [4.78, 5) is 44.2. The summed E-state index contributed by atoms with van der Waals surface area (Å²) in [7, 11) is 0.